The average Bonchev–Trinajstić information content (AvgIpc) is 1.86. The van der Waals surface area contributed by atoms with Gasteiger partial charge in [-0.1, -0.05) is 30.9 Å². The first-order valence-corrected chi connectivity index (χ1v) is 4.79. The number of rotatable bonds is 1. The average molecular weight is 172 g/mol. The molecule has 3 nitrogen and oxygen atoms in total. The van der Waals surface area contributed by atoms with Gasteiger partial charge in [-0.2, -0.15) is 0 Å². The van der Waals surface area contributed by atoms with E-state index in [-0.39, 0.29) is 0 Å². The summed E-state index contributed by atoms with van der Waals surface area (Å²) in [5.74, 6) is 0. The van der Waals surface area contributed by atoms with Gasteiger partial charge in [0.1, 0.15) is 5.66 Å². The predicted molar refractivity (Wildman–Crippen MR) is 43.3 cm³/mol. The minimum Gasteiger partial charge on any atom is -0.324 e. The highest BCUT2D eigenvalue weighted by atomic mass is 31.2. The first kappa shape index (κ1) is 8.47. The van der Waals surface area contributed by atoms with Crippen LogP contribution in [0.25, 0.3) is 0 Å². The Balaban J connectivity index is 2.91. The van der Waals surface area contributed by atoms with Crippen LogP contribution < -0.4 is 0 Å². The molecule has 11 heavy (non-hydrogen) atoms. The third-order valence-corrected chi connectivity index (χ3v) is 2.69. The summed E-state index contributed by atoms with van der Waals surface area (Å²) in [4.78, 5) is 17.6. The Bertz CT molecular complexity index is 271. The summed E-state index contributed by atoms with van der Waals surface area (Å²) in [6.07, 6.45) is 6.37. The first-order valence-electron chi connectivity index (χ1n) is 3.11. The molecular formula is C7H9O3P. The third kappa shape index (κ3) is 1.90. The SMILES string of the molecule is C=C1C=CC=CC1P(=O)(O)O. The van der Waals surface area contributed by atoms with E-state index in [4.69, 9.17) is 9.79 Å². The number of allylic oxidation sites excluding steroid dienone is 5. The molecule has 4 heteroatoms. The Labute approximate surface area is 64.9 Å². The first-order chi connectivity index (χ1) is 5.02. The molecule has 1 atom stereocenters. The largest absolute Gasteiger partial charge is 0.336 e. The van der Waals surface area contributed by atoms with Crippen LogP contribution in [0.5, 0.6) is 0 Å². The number of hydrogen-bond acceptors (Lipinski definition) is 1. The zero-order valence-electron chi connectivity index (χ0n) is 5.84. The van der Waals surface area contributed by atoms with Crippen LogP contribution in [-0.4, -0.2) is 15.4 Å². The smallest absolute Gasteiger partial charge is 0.324 e. The van der Waals surface area contributed by atoms with Crippen LogP contribution >= 0.6 is 7.60 Å². The van der Waals surface area contributed by atoms with Gasteiger partial charge in [0, 0.05) is 0 Å². The van der Waals surface area contributed by atoms with Gasteiger partial charge >= 0.3 is 7.60 Å². The van der Waals surface area contributed by atoms with Crippen LogP contribution in [0.4, 0.5) is 0 Å². The predicted octanol–water partition coefficient (Wildman–Crippen LogP) is 1.21. The standard InChI is InChI=1S/C7H9O3P/c1-6-4-2-3-5-7(6)11(8,9)10/h2-5,7H,1H2,(H2,8,9,10). The van der Waals surface area contributed by atoms with Crippen LogP contribution in [0.2, 0.25) is 0 Å². The Morgan fingerprint density at radius 2 is 2.09 bits per heavy atom. The molecule has 1 aliphatic rings. The molecule has 0 aromatic heterocycles. The van der Waals surface area contributed by atoms with Crippen molar-refractivity contribution >= 4 is 7.60 Å². The Morgan fingerprint density at radius 3 is 2.45 bits per heavy atom. The molecule has 0 saturated carbocycles. The molecule has 0 aromatic carbocycles. The molecule has 60 valence electrons. The van der Waals surface area contributed by atoms with E-state index in [1.54, 1.807) is 18.2 Å². The van der Waals surface area contributed by atoms with E-state index in [1.165, 1.54) is 6.08 Å². The van der Waals surface area contributed by atoms with Crippen LogP contribution in [0.1, 0.15) is 0 Å². The van der Waals surface area contributed by atoms with Crippen molar-refractivity contribution in [2.24, 2.45) is 0 Å². The van der Waals surface area contributed by atoms with Gasteiger partial charge in [0.05, 0.1) is 0 Å². The molecule has 2 N–H and O–H groups in total. The van der Waals surface area contributed by atoms with E-state index in [1.807, 2.05) is 0 Å². The topological polar surface area (TPSA) is 57.5 Å². The lowest BCUT2D eigenvalue weighted by atomic mass is 10.1. The second kappa shape index (κ2) is 2.78. The summed E-state index contributed by atoms with van der Waals surface area (Å²) in [7, 11) is -4.03. The molecule has 0 radical (unpaired) electrons. The lowest BCUT2D eigenvalue weighted by Gasteiger charge is -2.16. The van der Waals surface area contributed by atoms with E-state index in [2.05, 4.69) is 6.58 Å². The Kier molecular flexibility index (Phi) is 2.14. The lowest BCUT2D eigenvalue weighted by molar-refractivity contribution is 0.369. The van der Waals surface area contributed by atoms with E-state index >= 15 is 0 Å². The fraction of sp³-hybridized carbons (Fsp3) is 0.143. The molecular weight excluding hydrogens is 163 g/mol. The molecule has 0 aliphatic heterocycles. The van der Waals surface area contributed by atoms with Crippen LogP contribution in [0.15, 0.2) is 36.5 Å². The van der Waals surface area contributed by atoms with Crippen molar-refractivity contribution < 1.29 is 14.4 Å². The minimum absolute atomic E-state index is 0.459. The summed E-state index contributed by atoms with van der Waals surface area (Å²) in [5, 5.41) is 0. The van der Waals surface area contributed by atoms with Crippen LogP contribution in [0.3, 0.4) is 0 Å². The van der Waals surface area contributed by atoms with Gasteiger partial charge < -0.3 is 9.79 Å². The van der Waals surface area contributed by atoms with E-state index < -0.39 is 13.3 Å². The van der Waals surface area contributed by atoms with Gasteiger partial charge in [-0.25, -0.2) is 0 Å². The Morgan fingerprint density at radius 1 is 1.45 bits per heavy atom. The summed E-state index contributed by atoms with van der Waals surface area (Å²) in [6, 6.07) is 0. The van der Waals surface area contributed by atoms with Gasteiger partial charge in [-0.3, -0.25) is 4.57 Å². The normalized spacial score (nSPS) is 24.2. The van der Waals surface area contributed by atoms with Crippen molar-refractivity contribution in [3.05, 3.63) is 36.5 Å². The number of hydrogen-bond donors (Lipinski definition) is 2. The van der Waals surface area contributed by atoms with E-state index in [0.29, 0.717) is 5.57 Å². The lowest BCUT2D eigenvalue weighted by Crippen LogP contribution is -2.07. The maximum absolute atomic E-state index is 10.7. The van der Waals surface area contributed by atoms with Crippen molar-refractivity contribution in [1.82, 2.24) is 0 Å². The molecule has 0 amide bonds. The summed E-state index contributed by atoms with van der Waals surface area (Å²) < 4.78 is 10.7. The van der Waals surface area contributed by atoms with Gasteiger partial charge in [0.15, 0.2) is 0 Å². The van der Waals surface area contributed by atoms with Gasteiger partial charge in [0.2, 0.25) is 0 Å². The zero-order valence-corrected chi connectivity index (χ0v) is 6.74. The molecule has 0 heterocycles. The molecule has 1 aliphatic carbocycles. The van der Waals surface area contributed by atoms with E-state index in [9.17, 15) is 4.57 Å². The fourth-order valence-corrected chi connectivity index (χ4v) is 1.74. The van der Waals surface area contributed by atoms with Crippen molar-refractivity contribution in [2.75, 3.05) is 0 Å². The molecule has 0 aromatic rings. The summed E-state index contributed by atoms with van der Waals surface area (Å²) >= 11 is 0. The quantitative estimate of drug-likeness (QED) is 0.584. The molecule has 0 spiro atoms. The van der Waals surface area contributed by atoms with Crippen molar-refractivity contribution in [3.8, 4) is 0 Å². The molecule has 0 saturated heterocycles. The second-order valence-corrected chi connectivity index (χ2v) is 4.09. The van der Waals surface area contributed by atoms with Crippen molar-refractivity contribution in [3.63, 3.8) is 0 Å². The molecule has 0 fully saturated rings. The maximum Gasteiger partial charge on any atom is 0.336 e. The van der Waals surface area contributed by atoms with Gasteiger partial charge in [-0.15, -0.1) is 0 Å². The van der Waals surface area contributed by atoms with Crippen molar-refractivity contribution in [2.45, 2.75) is 5.66 Å². The van der Waals surface area contributed by atoms with Crippen LogP contribution in [-0.2, 0) is 4.57 Å². The molecule has 1 unspecified atom stereocenters. The van der Waals surface area contributed by atoms with Gasteiger partial charge in [-0.05, 0) is 5.57 Å². The van der Waals surface area contributed by atoms with Crippen molar-refractivity contribution in [1.29, 1.82) is 0 Å². The minimum atomic E-state index is -4.03. The summed E-state index contributed by atoms with van der Waals surface area (Å²) in [5.41, 5.74) is -0.367. The second-order valence-electron chi connectivity index (χ2n) is 2.35. The monoisotopic (exact) mass is 172 g/mol. The maximum atomic E-state index is 10.7. The fourth-order valence-electron chi connectivity index (χ4n) is 0.899. The zero-order chi connectivity index (χ0) is 8.48. The molecule has 1 rings (SSSR count). The molecule has 0 bridgehead atoms. The summed E-state index contributed by atoms with van der Waals surface area (Å²) in [6.45, 7) is 3.53. The highest BCUT2D eigenvalue weighted by molar-refractivity contribution is 7.53. The highest BCUT2D eigenvalue weighted by Gasteiger charge is 2.28. The highest BCUT2D eigenvalue weighted by Crippen LogP contribution is 2.46. The third-order valence-electron chi connectivity index (χ3n) is 1.46. The van der Waals surface area contributed by atoms with E-state index in [0.717, 1.165) is 0 Å². The van der Waals surface area contributed by atoms with Gasteiger partial charge in [0.25, 0.3) is 0 Å². The Hall–Kier alpha value is -0.630. The van der Waals surface area contributed by atoms with Crippen LogP contribution in [0, 0.1) is 0 Å².